The number of nitrogens with zero attached hydrogens (tertiary/aromatic N) is 2. The molecular formula is C13H14N2OS2. The van der Waals surface area contributed by atoms with E-state index in [1.807, 2.05) is 44.8 Å². The lowest BCUT2D eigenvalue weighted by molar-refractivity contribution is 0.641. The predicted molar refractivity (Wildman–Crippen MR) is 78.7 cm³/mol. The molecule has 0 spiro atoms. The van der Waals surface area contributed by atoms with Gasteiger partial charge in [-0.2, -0.15) is 23.5 Å². The minimum Gasteiger partial charge on any atom is -0.291 e. The fourth-order valence-electron chi connectivity index (χ4n) is 2.38. The van der Waals surface area contributed by atoms with Crippen LogP contribution in [0.15, 0.2) is 29.1 Å². The van der Waals surface area contributed by atoms with Crippen LogP contribution in [-0.2, 0) is 13.1 Å². The predicted octanol–water partition coefficient (Wildman–Crippen LogP) is 2.03. The molecule has 0 aliphatic carbocycles. The van der Waals surface area contributed by atoms with Crippen molar-refractivity contribution in [2.45, 2.75) is 23.6 Å². The Morgan fingerprint density at radius 3 is 1.83 bits per heavy atom. The molecule has 0 amide bonds. The molecule has 18 heavy (non-hydrogen) atoms. The Bertz CT molecular complexity index is 599. The van der Waals surface area contributed by atoms with E-state index in [9.17, 15) is 4.79 Å². The number of imidazole rings is 1. The Labute approximate surface area is 114 Å². The number of hydrogen-bond acceptors (Lipinski definition) is 3. The second-order valence-electron chi connectivity index (χ2n) is 4.90. The average molecular weight is 278 g/mol. The average Bonchev–Trinajstić information content (AvgIpc) is 3.26. The molecule has 94 valence electrons. The number of para-hydroxylation sites is 2. The van der Waals surface area contributed by atoms with Gasteiger partial charge in [-0.25, -0.2) is 4.79 Å². The lowest BCUT2D eigenvalue weighted by atomic mass is 10.3. The first kappa shape index (κ1) is 11.1. The number of benzene rings is 1. The molecule has 5 heteroatoms. The summed E-state index contributed by atoms with van der Waals surface area (Å²) in [5, 5.41) is 1.30. The van der Waals surface area contributed by atoms with Gasteiger partial charge in [0.15, 0.2) is 0 Å². The normalized spacial score (nSPS) is 25.6. The monoisotopic (exact) mass is 278 g/mol. The maximum absolute atomic E-state index is 12.5. The van der Waals surface area contributed by atoms with Gasteiger partial charge in [-0.15, -0.1) is 0 Å². The van der Waals surface area contributed by atoms with Gasteiger partial charge in [0.25, 0.3) is 0 Å². The number of hydrogen-bond donors (Lipinski definition) is 0. The van der Waals surface area contributed by atoms with Crippen molar-refractivity contribution in [1.82, 2.24) is 9.13 Å². The molecule has 0 bridgehead atoms. The zero-order valence-electron chi connectivity index (χ0n) is 9.91. The lowest BCUT2D eigenvalue weighted by Gasteiger charge is -1.99. The minimum absolute atomic E-state index is 0.177. The maximum Gasteiger partial charge on any atom is 0.329 e. The van der Waals surface area contributed by atoms with Crippen LogP contribution in [0.5, 0.6) is 0 Å². The smallest absolute Gasteiger partial charge is 0.291 e. The lowest BCUT2D eigenvalue weighted by Crippen LogP contribution is -2.26. The molecule has 3 heterocycles. The Morgan fingerprint density at radius 1 is 1.00 bits per heavy atom. The molecule has 3 nitrogen and oxygen atoms in total. The summed E-state index contributed by atoms with van der Waals surface area (Å²) in [6.07, 6.45) is 0. The van der Waals surface area contributed by atoms with Crippen molar-refractivity contribution in [3.05, 3.63) is 34.7 Å². The first-order valence-electron chi connectivity index (χ1n) is 6.24. The van der Waals surface area contributed by atoms with Crippen molar-refractivity contribution in [2.24, 2.45) is 0 Å². The summed E-state index contributed by atoms with van der Waals surface area (Å²) in [7, 11) is 0. The van der Waals surface area contributed by atoms with E-state index in [-0.39, 0.29) is 5.69 Å². The molecule has 2 aliphatic heterocycles. The van der Waals surface area contributed by atoms with Gasteiger partial charge in [-0.05, 0) is 12.1 Å². The third-order valence-corrected chi connectivity index (χ3v) is 5.41. The summed E-state index contributed by atoms with van der Waals surface area (Å²) < 4.78 is 3.93. The minimum atomic E-state index is 0.177. The second kappa shape index (κ2) is 4.10. The van der Waals surface area contributed by atoms with Gasteiger partial charge in [0.1, 0.15) is 0 Å². The van der Waals surface area contributed by atoms with Crippen LogP contribution in [0.4, 0.5) is 0 Å². The molecule has 1 aromatic carbocycles. The van der Waals surface area contributed by atoms with Crippen LogP contribution in [0.25, 0.3) is 11.0 Å². The van der Waals surface area contributed by atoms with Crippen LogP contribution in [0.1, 0.15) is 0 Å². The van der Waals surface area contributed by atoms with E-state index in [1.165, 1.54) is 11.5 Å². The van der Waals surface area contributed by atoms with Gasteiger partial charge in [0.2, 0.25) is 0 Å². The maximum atomic E-state index is 12.5. The summed E-state index contributed by atoms with van der Waals surface area (Å²) in [6.45, 7) is 1.74. The number of thioether (sulfide) groups is 2. The number of aromatic nitrogens is 2. The summed E-state index contributed by atoms with van der Waals surface area (Å²) >= 11 is 3.89. The summed E-state index contributed by atoms with van der Waals surface area (Å²) in [6, 6.07) is 8.18. The highest BCUT2D eigenvalue weighted by Gasteiger charge is 2.28. The quantitative estimate of drug-likeness (QED) is 0.801. The van der Waals surface area contributed by atoms with Crippen molar-refractivity contribution < 1.29 is 0 Å². The molecule has 0 unspecified atom stereocenters. The van der Waals surface area contributed by atoms with E-state index in [0.29, 0.717) is 10.5 Å². The highest BCUT2D eigenvalue weighted by atomic mass is 32.2. The summed E-state index contributed by atoms with van der Waals surface area (Å²) in [5.74, 6) is 2.40. The Balaban J connectivity index is 1.86. The van der Waals surface area contributed by atoms with Crippen LogP contribution < -0.4 is 5.69 Å². The van der Waals surface area contributed by atoms with Crippen molar-refractivity contribution in [3.8, 4) is 0 Å². The highest BCUT2D eigenvalue weighted by molar-refractivity contribution is 8.07. The standard InChI is InChI=1S/C13H14N2OS2/c16-13-14(5-9-7-17-9)11-3-1-2-4-12(11)15(13)6-10-8-18-10/h1-4,9-10H,5-8H2/t9-,10-/m0/s1. The summed E-state index contributed by atoms with van der Waals surface area (Å²) in [5.41, 5.74) is 2.37. The fourth-order valence-corrected chi connectivity index (χ4v) is 3.37. The highest BCUT2D eigenvalue weighted by Crippen LogP contribution is 2.33. The SMILES string of the molecule is O=c1n(C[C@H]2CS2)c2ccccc2n1C[C@H]1CS1. The second-order valence-corrected chi connectivity index (χ2v) is 7.57. The first-order valence-corrected chi connectivity index (χ1v) is 8.34. The first-order chi connectivity index (χ1) is 8.83. The molecule has 1 aromatic heterocycles. The molecule has 2 aliphatic rings. The Hall–Kier alpha value is -0.810. The van der Waals surface area contributed by atoms with Crippen LogP contribution in [0, 0.1) is 0 Å². The Morgan fingerprint density at radius 2 is 1.44 bits per heavy atom. The summed E-state index contributed by atoms with van der Waals surface area (Å²) in [4.78, 5) is 12.5. The van der Waals surface area contributed by atoms with Gasteiger partial charge in [0, 0.05) is 35.1 Å². The van der Waals surface area contributed by atoms with Gasteiger partial charge >= 0.3 is 5.69 Å². The Kier molecular flexibility index (Phi) is 2.52. The van der Waals surface area contributed by atoms with E-state index in [0.717, 1.165) is 24.1 Å². The zero-order chi connectivity index (χ0) is 12.1. The van der Waals surface area contributed by atoms with E-state index >= 15 is 0 Å². The molecule has 0 N–H and O–H groups in total. The van der Waals surface area contributed by atoms with E-state index in [2.05, 4.69) is 12.1 Å². The third kappa shape index (κ3) is 1.89. The third-order valence-electron chi connectivity index (χ3n) is 3.50. The van der Waals surface area contributed by atoms with Crippen molar-refractivity contribution in [3.63, 3.8) is 0 Å². The van der Waals surface area contributed by atoms with Crippen LogP contribution in [0.2, 0.25) is 0 Å². The van der Waals surface area contributed by atoms with Crippen LogP contribution in [-0.4, -0.2) is 31.1 Å². The van der Waals surface area contributed by atoms with Gasteiger partial charge in [-0.1, -0.05) is 12.1 Å². The largest absolute Gasteiger partial charge is 0.329 e. The number of rotatable bonds is 4. The van der Waals surface area contributed by atoms with Crippen molar-refractivity contribution in [1.29, 1.82) is 0 Å². The van der Waals surface area contributed by atoms with Gasteiger partial charge in [-0.3, -0.25) is 9.13 Å². The molecule has 2 fully saturated rings. The molecule has 0 radical (unpaired) electrons. The fraction of sp³-hybridized carbons (Fsp3) is 0.462. The zero-order valence-corrected chi connectivity index (χ0v) is 11.5. The van der Waals surface area contributed by atoms with Gasteiger partial charge in [0.05, 0.1) is 11.0 Å². The molecule has 0 saturated carbocycles. The molecule has 2 atom stereocenters. The van der Waals surface area contributed by atoms with Crippen molar-refractivity contribution in [2.75, 3.05) is 11.5 Å². The van der Waals surface area contributed by atoms with E-state index in [1.54, 1.807) is 0 Å². The van der Waals surface area contributed by atoms with Gasteiger partial charge < -0.3 is 0 Å². The molecule has 2 saturated heterocycles. The van der Waals surface area contributed by atoms with Crippen molar-refractivity contribution >= 4 is 34.6 Å². The molecule has 2 aromatic rings. The van der Waals surface area contributed by atoms with Crippen LogP contribution in [0.3, 0.4) is 0 Å². The van der Waals surface area contributed by atoms with E-state index in [4.69, 9.17) is 0 Å². The molecular weight excluding hydrogens is 264 g/mol. The number of fused-ring (bicyclic) bond motifs is 1. The van der Waals surface area contributed by atoms with Crippen LogP contribution >= 0.6 is 23.5 Å². The topological polar surface area (TPSA) is 26.9 Å². The molecule has 4 rings (SSSR count). The van der Waals surface area contributed by atoms with E-state index < -0.39 is 0 Å².